The van der Waals surface area contributed by atoms with Crippen LogP contribution in [0.25, 0.3) is 0 Å². The molecule has 0 bridgehead atoms. The lowest BCUT2D eigenvalue weighted by atomic mass is 10.0. The number of amides is 1. The summed E-state index contributed by atoms with van der Waals surface area (Å²) in [4.78, 5) is 15.9. The lowest BCUT2D eigenvalue weighted by Gasteiger charge is -2.35. The minimum atomic E-state index is 0.300. The molecule has 0 aromatic heterocycles. The van der Waals surface area contributed by atoms with E-state index in [2.05, 4.69) is 34.5 Å². The van der Waals surface area contributed by atoms with Gasteiger partial charge in [-0.25, -0.2) is 0 Å². The van der Waals surface area contributed by atoms with Crippen LogP contribution in [0.1, 0.15) is 19.3 Å². The van der Waals surface area contributed by atoms with Crippen LogP contribution in [0.3, 0.4) is 0 Å². The van der Waals surface area contributed by atoms with E-state index in [0.29, 0.717) is 18.4 Å². The number of alkyl halides is 1. The monoisotopic (exact) mass is 310 g/mol. The summed E-state index contributed by atoms with van der Waals surface area (Å²) in [6.45, 7) is 2.24. The van der Waals surface area contributed by atoms with Crippen LogP contribution < -0.4 is 0 Å². The van der Waals surface area contributed by atoms with Gasteiger partial charge in [0.05, 0.1) is 0 Å². The van der Waals surface area contributed by atoms with Gasteiger partial charge in [-0.05, 0) is 33.0 Å². The summed E-state index contributed by atoms with van der Waals surface area (Å²) in [6, 6.07) is 0.474. The molecular formula is C10H19IN2O. The van der Waals surface area contributed by atoms with Crippen molar-refractivity contribution in [1.29, 1.82) is 0 Å². The molecule has 4 heteroatoms. The molecular weight excluding hydrogens is 291 g/mol. The molecule has 1 heterocycles. The molecule has 0 unspecified atom stereocenters. The average Bonchev–Trinajstić information content (AvgIpc) is 2.18. The Balaban J connectivity index is 2.37. The van der Waals surface area contributed by atoms with Crippen LogP contribution >= 0.6 is 22.6 Å². The number of piperidine rings is 1. The molecule has 0 aromatic rings. The fraction of sp³-hybridized carbons (Fsp3) is 0.900. The Labute approximate surface area is 100.0 Å². The van der Waals surface area contributed by atoms with Gasteiger partial charge in [0, 0.05) is 23.9 Å². The van der Waals surface area contributed by atoms with Gasteiger partial charge in [0.15, 0.2) is 0 Å². The lowest BCUT2D eigenvalue weighted by Crippen LogP contribution is -2.44. The molecule has 3 nitrogen and oxygen atoms in total. The number of rotatable bonds is 3. The van der Waals surface area contributed by atoms with Gasteiger partial charge in [-0.15, -0.1) is 0 Å². The van der Waals surface area contributed by atoms with Gasteiger partial charge in [-0.1, -0.05) is 22.6 Å². The fourth-order valence-electron chi connectivity index (χ4n) is 1.84. The minimum absolute atomic E-state index is 0.300. The van der Waals surface area contributed by atoms with Crippen molar-refractivity contribution in [2.75, 3.05) is 31.6 Å². The van der Waals surface area contributed by atoms with E-state index in [-0.39, 0.29) is 0 Å². The molecule has 0 atom stereocenters. The highest BCUT2D eigenvalue weighted by Crippen LogP contribution is 2.14. The number of carbonyl (C=O) groups is 1. The number of likely N-dealkylation sites (tertiary alicyclic amines) is 1. The molecule has 0 radical (unpaired) electrons. The van der Waals surface area contributed by atoms with E-state index < -0.39 is 0 Å². The SMILES string of the molecule is CN1CCC(N(C)C(=O)CCI)CC1. The second kappa shape index (κ2) is 5.90. The first kappa shape index (κ1) is 12.2. The maximum Gasteiger partial charge on any atom is 0.223 e. The van der Waals surface area contributed by atoms with Gasteiger partial charge in [-0.2, -0.15) is 0 Å². The van der Waals surface area contributed by atoms with Crippen molar-refractivity contribution in [1.82, 2.24) is 9.80 Å². The van der Waals surface area contributed by atoms with E-state index >= 15 is 0 Å². The number of nitrogens with zero attached hydrogens (tertiary/aromatic N) is 2. The molecule has 1 fully saturated rings. The standard InChI is InChI=1S/C10H19IN2O/c1-12-7-4-9(5-8-12)13(2)10(14)3-6-11/h9H,3-8H2,1-2H3. The molecule has 1 saturated heterocycles. The minimum Gasteiger partial charge on any atom is -0.343 e. The Kier molecular flexibility index (Phi) is 5.15. The molecule has 1 amide bonds. The Hall–Kier alpha value is 0.160. The van der Waals surface area contributed by atoms with Crippen LogP contribution in [0.2, 0.25) is 0 Å². The third-order valence-electron chi connectivity index (χ3n) is 2.94. The van der Waals surface area contributed by atoms with Crippen LogP contribution in [0, 0.1) is 0 Å². The van der Waals surface area contributed by atoms with Gasteiger partial charge in [-0.3, -0.25) is 4.79 Å². The summed E-state index contributed by atoms with van der Waals surface area (Å²) in [6.07, 6.45) is 2.93. The van der Waals surface area contributed by atoms with E-state index in [1.807, 2.05) is 11.9 Å². The Morgan fingerprint density at radius 2 is 2.07 bits per heavy atom. The highest BCUT2D eigenvalue weighted by molar-refractivity contribution is 14.1. The molecule has 1 aliphatic rings. The van der Waals surface area contributed by atoms with Gasteiger partial charge in [0.25, 0.3) is 0 Å². The second-order valence-electron chi connectivity index (χ2n) is 3.98. The normalized spacial score (nSPS) is 19.6. The van der Waals surface area contributed by atoms with E-state index in [0.717, 1.165) is 30.4 Å². The molecule has 82 valence electrons. The number of carbonyl (C=O) groups excluding carboxylic acids is 1. The molecule has 0 saturated carbocycles. The topological polar surface area (TPSA) is 23.6 Å². The average molecular weight is 310 g/mol. The smallest absolute Gasteiger partial charge is 0.223 e. The zero-order valence-corrected chi connectivity index (χ0v) is 11.2. The zero-order valence-electron chi connectivity index (χ0n) is 9.00. The summed E-state index contributed by atoms with van der Waals surface area (Å²) in [7, 11) is 4.09. The maximum absolute atomic E-state index is 11.6. The van der Waals surface area contributed by atoms with Crippen LogP contribution in [-0.4, -0.2) is 53.4 Å². The third kappa shape index (κ3) is 3.38. The molecule has 0 N–H and O–H groups in total. The fourth-order valence-corrected chi connectivity index (χ4v) is 2.30. The van der Waals surface area contributed by atoms with Crippen molar-refractivity contribution in [3.05, 3.63) is 0 Å². The van der Waals surface area contributed by atoms with E-state index in [1.54, 1.807) is 0 Å². The lowest BCUT2D eigenvalue weighted by molar-refractivity contribution is -0.132. The zero-order chi connectivity index (χ0) is 10.6. The van der Waals surface area contributed by atoms with Gasteiger partial charge in [0.2, 0.25) is 5.91 Å². The van der Waals surface area contributed by atoms with Crippen LogP contribution in [0.15, 0.2) is 0 Å². The van der Waals surface area contributed by atoms with E-state index in [1.165, 1.54) is 0 Å². The summed E-state index contributed by atoms with van der Waals surface area (Å²) < 4.78 is 0.924. The van der Waals surface area contributed by atoms with Crippen molar-refractivity contribution in [2.24, 2.45) is 0 Å². The van der Waals surface area contributed by atoms with Crippen molar-refractivity contribution in [2.45, 2.75) is 25.3 Å². The first-order valence-corrected chi connectivity index (χ1v) is 6.68. The highest BCUT2D eigenvalue weighted by atomic mass is 127. The first-order chi connectivity index (χ1) is 6.65. The van der Waals surface area contributed by atoms with Crippen molar-refractivity contribution in [3.8, 4) is 0 Å². The number of hydrogen-bond donors (Lipinski definition) is 0. The highest BCUT2D eigenvalue weighted by Gasteiger charge is 2.23. The van der Waals surface area contributed by atoms with Crippen LogP contribution in [0.4, 0.5) is 0 Å². The van der Waals surface area contributed by atoms with Crippen molar-refractivity contribution >= 4 is 28.5 Å². The van der Waals surface area contributed by atoms with Gasteiger partial charge >= 0.3 is 0 Å². The first-order valence-electron chi connectivity index (χ1n) is 5.15. The predicted molar refractivity (Wildman–Crippen MR) is 66.8 cm³/mol. The summed E-state index contributed by atoms with van der Waals surface area (Å²) in [5.74, 6) is 0.300. The Bertz CT molecular complexity index is 191. The van der Waals surface area contributed by atoms with Crippen molar-refractivity contribution < 1.29 is 4.79 Å². The summed E-state index contributed by atoms with van der Waals surface area (Å²) in [5, 5.41) is 0. The molecule has 14 heavy (non-hydrogen) atoms. The number of hydrogen-bond acceptors (Lipinski definition) is 2. The molecule has 1 rings (SSSR count). The van der Waals surface area contributed by atoms with E-state index in [4.69, 9.17) is 0 Å². The van der Waals surface area contributed by atoms with Crippen LogP contribution in [0.5, 0.6) is 0 Å². The van der Waals surface area contributed by atoms with Crippen molar-refractivity contribution in [3.63, 3.8) is 0 Å². The van der Waals surface area contributed by atoms with Gasteiger partial charge in [0.1, 0.15) is 0 Å². The molecule has 0 aliphatic carbocycles. The second-order valence-corrected chi connectivity index (χ2v) is 5.06. The Morgan fingerprint density at radius 1 is 1.50 bits per heavy atom. The summed E-state index contributed by atoms with van der Waals surface area (Å²) >= 11 is 2.25. The molecule has 1 aliphatic heterocycles. The maximum atomic E-state index is 11.6. The predicted octanol–water partition coefficient (Wildman–Crippen LogP) is 1.36. The largest absolute Gasteiger partial charge is 0.343 e. The number of halogens is 1. The Morgan fingerprint density at radius 3 is 2.57 bits per heavy atom. The van der Waals surface area contributed by atoms with Gasteiger partial charge < -0.3 is 9.80 Å². The van der Waals surface area contributed by atoms with Crippen LogP contribution in [-0.2, 0) is 4.79 Å². The van der Waals surface area contributed by atoms with E-state index in [9.17, 15) is 4.79 Å². The molecule has 0 aromatic carbocycles. The molecule has 0 spiro atoms. The third-order valence-corrected chi connectivity index (χ3v) is 3.48. The quantitative estimate of drug-likeness (QED) is 0.580. The summed E-state index contributed by atoms with van der Waals surface area (Å²) in [5.41, 5.74) is 0.